The van der Waals surface area contributed by atoms with Crippen molar-refractivity contribution in [2.45, 2.75) is 0 Å². The maximum absolute atomic E-state index is 5.36. The molecular formula is C11H13N3. The summed E-state index contributed by atoms with van der Waals surface area (Å²) in [5.41, 5.74) is 11.4. The van der Waals surface area contributed by atoms with Gasteiger partial charge >= 0.3 is 0 Å². The predicted molar refractivity (Wildman–Crippen MR) is 59.5 cm³/mol. The average Bonchev–Trinajstić information content (AvgIpc) is 2.21. The maximum atomic E-state index is 5.36. The molecule has 0 unspecified atom stereocenters. The summed E-state index contributed by atoms with van der Waals surface area (Å²) in [5.74, 6) is 0.572. The second kappa shape index (κ2) is 5.59. The standard InChI is InChI=1S/C6H7N.C5H6N2/c7-6-4-2-1-3-5-6;6-5-3-1-2-4-7-5/h1-5H,7H2;1-4H,(H2,6,7). The summed E-state index contributed by atoms with van der Waals surface area (Å²) in [6.45, 7) is 0. The van der Waals surface area contributed by atoms with E-state index in [4.69, 9.17) is 11.5 Å². The zero-order valence-electron chi connectivity index (χ0n) is 7.80. The van der Waals surface area contributed by atoms with Crippen molar-refractivity contribution in [1.82, 2.24) is 4.98 Å². The molecule has 4 N–H and O–H groups in total. The minimum absolute atomic E-state index is 0.572. The molecule has 14 heavy (non-hydrogen) atoms. The van der Waals surface area contributed by atoms with E-state index in [1.165, 1.54) is 0 Å². The van der Waals surface area contributed by atoms with E-state index in [2.05, 4.69) is 4.98 Å². The van der Waals surface area contributed by atoms with Crippen molar-refractivity contribution in [1.29, 1.82) is 0 Å². The molecule has 0 aliphatic heterocycles. The third-order valence-corrected chi connectivity index (χ3v) is 1.49. The van der Waals surface area contributed by atoms with E-state index in [0.717, 1.165) is 5.69 Å². The van der Waals surface area contributed by atoms with Gasteiger partial charge in [0.05, 0.1) is 0 Å². The summed E-state index contributed by atoms with van der Waals surface area (Å²) < 4.78 is 0. The second-order valence-electron chi connectivity index (χ2n) is 2.67. The van der Waals surface area contributed by atoms with Gasteiger partial charge in [0.1, 0.15) is 5.82 Å². The number of nitrogen functional groups attached to an aromatic ring is 2. The van der Waals surface area contributed by atoms with E-state index < -0.39 is 0 Å². The van der Waals surface area contributed by atoms with Gasteiger partial charge in [0, 0.05) is 11.9 Å². The molecule has 0 radical (unpaired) electrons. The highest BCUT2D eigenvalue weighted by molar-refractivity contribution is 5.35. The molecule has 0 amide bonds. The van der Waals surface area contributed by atoms with Gasteiger partial charge in [-0.2, -0.15) is 0 Å². The first kappa shape index (κ1) is 10.1. The molecule has 0 spiro atoms. The summed E-state index contributed by atoms with van der Waals surface area (Å²) in [4.78, 5) is 3.76. The average molecular weight is 187 g/mol. The lowest BCUT2D eigenvalue weighted by Gasteiger charge is -1.83. The number of para-hydroxylation sites is 1. The largest absolute Gasteiger partial charge is 0.399 e. The van der Waals surface area contributed by atoms with Crippen molar-refractivity contribution in [2.75, 3.05) is 11.5 Å². The number of rotatable bonds is 0. The number of benzene rings is 1. The van der Waals surface area contributed by atoms with Crippen molar-refractivity contribution in [3.63, 3.8) is 0 Å². The Labute approximate surface area is 83.4 Å². The Morgan fingerprint density at radius 1 is 0.786 bits per heavy atom. The Bertz CT molecular complexity index is 308. The summed E-state index contributed by atoms with van der Waals surface area (Å²) >= 11 is 0. The minimum atomic E-state index is 0.572. The molecule has 1 aromatic carbocycles. The fourth-order valence-electron chi connectivity index (χ4n) is 0.829. The lowest BCUT2D eigenvalue weighted by atomic mass is 10.3. The second-order valence-corrected chi connectivity index (χ2v) is 2.67. The van der Waals surface area contributed by atoms with Gasteiger partial charge in [-0.05, 0) is 24.3 Å². The third kappa shape index (κ3) is 4.11. The van der Waals surface area contributed by atoms with Gasteiger partial charge in [-0.15, -0.1) is 0 Å². The first-order valence-electron chi connectivity index (χ1n) is 4.26. The molecule has 0 aliphatic rings. The van der Waals surface area contributed by atoms with Gasteiger partial charge in [0.2, 0.25) is 0 Å². The van der Waals surface area contributed by atoms with Crippen LogP contribution in [-0.4, -0.2) is 4.98 Å². The Morgan fingerprint density at radius 2 is 1.43 bits per heavy atom. The van der Waals surface area contributed by atoms with Crippen LogP contribution in [0.4, 0.5) is 11.5 Å². The van der Waals surface area contributed by atoms with Gasteiger partial charge < -0.3 is 11.5 Å². The van der Waals surface area contributed by atoms with Crippen molar-refractivity contribution in [3.05, 3.63) is 54.7 Å². The monoisotopic (exact) mass is 187 g/mol. The molecule has 72 valence electrons. The number of nitrogens with two attached hydrogens (primary N) is 2. The Morgan fingerprint density at radius 3 is 1.71 bits per heavy atom. The lowest BCUT2D eigenvalue weighted by molar-refractivity contribution is 1.34. The summed E-state index contributed by atoms with van der Waals surface area (Å²) in [6.07, 6.45) is 1.66. The molecule has 0 bridgehead atoms. The van der Waals surface area contributed by atoms with Crippen LogP contribution in [0.25, 0.3) is 0 Å². The molecule has 0 atom stereocenters. The van der Waals surface area contributed by atoms with E-state index in [1.807, 2.05) is 42.5 Å². The van der Waals surface area contributed by atoms with E-state index in [-0.39, 0.29) is 0 Å². The highest BCUT2D eigenvalue weighted by atomic mass is 14.8. The number of nitrogens with zero attached hydrogens (tertiary/aromatic N) is 1. The van der Waals surface area contributed by atoms with Crippen LogP contribution in [0.15, 0.2) is 54.7 Å². The van der Waals surface area contributed by atoms with Crippen LogP contribution >= 0.6 is 0 Å². The first-order valence-corrected chi connectivity index (χ1v) is 4.26. The zero-order chi connectivity index (χ0) is 10.2. The van der Waals surface area contributed by atoms with E-state index in [9.17, 15) is 0 Å². The van der Waals surface area contributed by atoms with Crippen molar-refractivity contribution in [3.8, 4) is 0 Å². The van der Waals surface area contributed by atoms with Crippen LogP contribution < -0.4 is 11.5 Å². The number of hydrogen-bond acceptors (Lipinski definition) is 3. The Hall–Kier alpha value is -2.03. The van der Waals surface area contributed by atoms with Crippen LogP contribution in [0, 0.1) is 0 Å². The molecule has 2 aromatic rings. The van der Waals surface area contributed by atoms with Crippen molar-refractivity contribution >= 4 is 11.5 Å². The van der Waals surface area contributed by atoms with Crippen LogP contribution in [0.1, 0.15) is 0 Å². The van der Waals surface area contributed by atoms with Gasteiger partial charge in [-0.3, -0.25) is 0 Å². The fraction of sp³-hybridized carbons (Fsp3) is 0. The first-order chi connectivity index (χ1) is 6.79. The van der Waals surface area contributed by atoms with Crippen LogP contribution in [-0.2, 0) is 0 Å². The van der Waals surface area contributed by atoms with Crippen molar-refractivity contribution < 1.29 is 0 Å². The normalized spacial score (nSPS) is 8.57. The molecular weight excluding hydrogens is 174 g/mol. The molecule has 0 saturated heterocycles. The molecule has 3 heteroatoms. The maximum Gasteiger partial charge on any atom is 0.123 e. The summed E-state index contributed by atoms with van der Waals surface area (Å²) in [5, 5.41) is 0. The summed E-state index contributed by atoms with van der Waals surface area (Å²) in [7, 11) is 0. The topological polar surface area (TPSA) is 64.9 Å². The van der Waals surface area contributed by atoms with Gasteiger partial charge in [-0.25, -0.2) is 4.98 Å². The summed E-state index contributed by atoms with van der Waals surface area (Å²) in [6, 6.07) is 14.9. The van der Waals surface area contributed by atoms with Crippen LogP contribution in [0.2, 0.25) is 0 Å². The van der Waals surface area contributed by atoms with Gasteiger partial charge in [-0.1, -0.05) is 24.3 Å². The number of pyridine rings is 1. The van der Waals surface area contributed by atoms with E-state index in [0.29, 0.717) is 5.82 Å². The number of hydrogen-bond donors (Lipinski definition) is 2. The van der Waals surface area contributed by atoms with E-state index >= 15 is 0 Å². The highest BCUT2D eigenvalue weighted by Gasteiger charge is 1.73. The van der Waals surface area contributed by atoms with E-state index in [1.54, 1.807) is 12.3 Å². The quantitative estimate of drug-likeness (QED) is 0.619. The molecule has 2 rings (SSSR count). The minimum Gasteiger partial charge on any atom is -0.399 e. The lowest BCUT2D eigenvalue weighted by Crippen LogP contribution is -1.85. The molecule has 0 aliphatic carbocycles. The number of aromatic nitrogens is 1. The van der Waals surface area contributed by atoms with Gasteiger partial charge in [0.15, 0.2) is 0 Å². The van der Waals surface area contributed by atoms with Crippen molar-refractivity contribution in [2.24, 2.45) is 0 Å². The van der Waals surface area contributed by atoms with Gasteiger partial charge in [0.25, 0.3) is 0 Å². The predicted octanol–water partition coefficient (Wildman–Crippen LogP) is 1.93. The molecule has 3 nitrogen and oxygen atoms in total. The molecule has 1 aromatic heterocycles. The molecule has 0 saturated carbocycles. The van der Waals surface area contributed by atoms with Crippen LogP contribution in [0.5, 0.6) is 0 Å². The molecule has 0 fully saturated rings. The van der Waals surface area contributed by atoms with Crippen LogP contribution in [0.3, 0.4) is 0 Å². The Balaban J connectivity index is 0.000000140. The molecule has 1 heterocycles. The highest BCUT2D eigenvalue weighted by Crippen LogP contribution is 1.95. The smallest absolute Gasteiger partial charge is 0.123 e. The third-order valence-electron chi connectivity index (χ3n) is 1.49. The SMILES string of the molecule is Nc1ccccc1.Nc1ccccn1. The Kier molecular flexibility index (Phi) is 4.01. The fourth-order valence-corrected chi connectivity index (χ4v) is 0.829. The zero-order valence-corrected chi connectivity index (χ0v) is 7.80. The number of anilines is 2.